The topological polar surface area (TPSA) is 62.3 Å². The van der Waals surface area contributed by atoms with Gasteiger partial charge in [-0.15, -0.1) is 11.3 Å². The van der Waals surface area contributed by atoms with Gasteiger partial charge in [-0.05, 0) is 62.8 Å². The standard InChI is InChI=1S/C31H33N3O2S/c1-22(24-9-5-3-6-10-24)32-30(36)31(27-11-7-4-8-12-27)17-19-34(20-18-31)29(35)26-15-13-25(14-16-26)28-21-37-23(2)33-28/h3-5,7-9,11-16,21-22H,6,10,17-20H2,1-2H3,(H,32,36)/t22-/m0/s1. The number of likely N-dealkylation sites (tertiary alicyclic amines) is 1. The first-order chi connectivity index (χ1) is 18.0. The molecular formula is C31H33N3O2S. The third-order valence-electron chi connectivity index (χ3n) is 7.66. The number of carbonyl (C=O) groups is 2. The van der Waals surface area contributed by atoms with Crippen LogP contribution in [0.1, 0.15) is 53.5 Å². The number of rotatable bonds is 6. The second-order valence-electron chi connectivity index (χ2n) is 9.97. The number of nitrogens with zero attached hydrogens (tertiary/aromatic N) is 2. The first-order valence-corrected chi connectivity index (χ1v) is 13.9. The summed E-state index contributed by atoms with van der Waals surface area (Å²) in [6.07, 6.45) is 9.52. The van der Waals surface area contributed by atoms with Gasteiger partial charge in [0.2, 0.25) is 5.91 Å². The molecule has 2 heterocycles. The molecule has 1 fully saturated rings. The first kappa shape index (κ1) is 25.2. The number of hydrogen-bond acceptors (Lipinski definition) is 4. The van der Waals surface area contributed by atoms with Gasteiger partial charge in [0.15, 0.2) is 0 Å². The summed E-state index contributed by atoms with van der Waals surface area (Å²) >= 11 is 1.62. The second-order valence-corrected chi connectivity index (χ2v) is 11.0. The molecule has 2 amide bonds. The number of piperidine rings is 1. The van der Waals surface area contributed by atoms with E-state index < -0.39 is 5.41 Å². The molecule has 0 spiro atoms. The van der Waals surface area contributed by atoms with Crippen molar-refractivity contribution in [2.24, 2.45) is 0 Å². The summed E-state index contributed by atoms with van der Waals surface area (Å²) in [7, 11) is 0. The Morgan fingerprint density at radius 3 is 2.41 bits per heavy atom. The Morgan fingerprint density at radius 2 is 1.78 bits per heavy atom. The van der Waals surface area contributed by atoms with Gasteiger partial charge in [0.1, 0.15) is 0 Å². The van der Waals surface area contributed by atoms with Crippen molar-refractivity contribution in [1.29, 1.82) is 0 Å². The van der Waals surface area contributed by atoms with Crippen molar-refractivity contribution in [2.45, 2.75) is 51.0 Å². The summed E-state index contributed by atoms with van der Waals surface area (Å²) in [6, 6.07) is 17.7. The lowest BCUT2D eigenvalue weighted by atomic mass is 9.71. The van der Waals surface area contributed by atoms with E-state index in [4.69, 9.17) is 0 Å². The maximum atomic E-state index is 13.8. The summed E-state index contributed by atoms with van der Waals surface area (Å²) < 4.78 is 0. The van der Waals surface area contributed by atoms with Crippen LogP contribution in [0, 0.1) is 6.92 Å². The fourth-order valence-corrected chi connectivity index (χ4v) is 5.99. The van der Waals surface area contributed by atoms with E-state index in [-0.39, 0.29) is 17.9 Å². The van der Waals surface area contributed by atoms with Crippen LogP contribution < -0.4 is 5.32 Å². The molecule has 5 rings (SSSR count). The molecule has 37 heavy (non-hydrogen) atoms. The molecule has 0 bridgehead atoms. The minimum Gasteiger partial charge on any atom is -0.349 e. The Balaban J connectivity index is 1.31. The van der Waals surface area contributed by atoms with Gasteiger partial charge in [-0.2, -0.15) is 0 Å². The molecule has 190 valence electrons. The second kappa shape index (κ2) is 10.9. The Bertz CT molecular complexity index is 1320. The van der Waals surface area contributed by atoms with Gasteiger partial charge in [0, 0.05) is 35.6 Å². The predicted molar refractivity (Wildman–Crippen MR) is 150 cm³/mol. The molecule has 6 heteroatoms. The zero-order chi connectivity index (χ0) is 25.8. The van der Waals surface area contributed by atoms with Gasteiger partial charge < -0.3 is 10.2 Å². The normalized spacial score (nSPS) is 17.7. The van der Waals surface area contributed by atoms with E-state index in [0.717, 1.165) is 34.7 Å². The van der Waals surface area contributed by atoms with Crippen LogP contribution in [0.15, 0.2) is 83.8 Å². The zero-order valence-electron chi connectivity index (χ0n) is 21.4. The SMILES string of the molecule is Cc1nc(-c2ccc(C(=O)N3CCC(C(=O)N[C@@H](C)C4=CC=CCC4)(c4ccccc4)CC3)cc2)cs1. The number of allylic oxidation sites excluding steroid dienone is 3. The van der Waals surface area contributed by atoms with Crippen LogP contribution in [0.25, 0.3) is 11.3 Å². The number of thiazole rings is 1. The molecule has 1 atom stereocenters. The highest BCUT2D eigenvalue weighted by atomic mass is 32.1. The molecule has 1 aliphatic carbocycles. The van der Waals surface area contributed by atoms with Crippen LogP contribution in [0.5, 0.6) is 0 Å². The number of nitrogens with one attached hydrogen (secondary N) is 1. The number of carbonyl (C=O) groups excluding carboxylic acids is 2. The van der Waals surface area contributed by atoms with Gasteiger partial charge in [-0.3, -0.25) is 9.59 Å². The highest BCUT2D eigenvalue weighted by Crippen LogP contribution is 2.37. The minimum atomic E-state index is -0.649. The van der Waals surface area contributed by atoms with Crippen molar-refractivity contribution in [3.05, 3.63) is 99.9 Å². The quantitative estimate of drug-likeness (QED) is 0.437. The van der Waals surface area contributed by atoms with Gasteiger partial charge >= 0.3 is 0 Å². The molecule has 0 radical (unpaired) electrons. The molecule has 0 saturated carbocycles. The lowest BCUT2D eigenvalue weighted by Gasteiger charge is -2.41. The van der Waals surface area contributed by atoms with Crippen molar-refractivity contribution in [2.75, 3.05) is 13.1 Å². The highest BCUT2D eigenvalue weighted by Gasteiger charge is 2.44. The van der Waals surface area contributed by atoms with Crippen molar-refractivity contribution in [1.82, 2.24) is 15.2 Å². The zero-order valence-corrected chi connectivity index (χ0v) is 22.3. The number of hydrogen-bond donors (Lipinski definition) is 1. The molecule has 2 aliphatic rings. The van der Waals surface area contributed by atoms with E-state index in [2.05, 4.69) is 35.5 Å². The predicted octanol–water partition coefficient (Wildman–Crippen LogP) is 6.07. The number of aromatic nitrogens is 1. The van der Waals surface area contributed by atoms with Crippen molar-refractivity contribution >= 4 is 23.2 Å². The Labute approximate surface area is 222 Å². The van der Waals surface area contributed by atoms with E-state index in [9.17, 15) is 9.59 Å². The van der Waals surface area contributed by atoms with E-state index in [1.54, 1.807) is 11.3 Å². The van der Waals surface area contributed by atoms with E-state index >= 15 is 0 Å². The summed E-state index contributed by atoms with van der Waals surface area (Å²) in [5, 5.41) is 6.37. The van der Waals surface area contributed by atoms with Crippen LogP contribution in [-0.2, 0) is 10.2 Å². The van der Waals surface area contributed by atoms with Crippen LogP contribution in [0.3, 0.4) is 0 Å². The lowest BCUT2D eigenvalue weighted by Crippen LogP contribution is -2.54. The number of aryl methyl sites for hydroxylation is 1. The molecule has 1 saturated heterocycles. The summed E-state index contributed by atoms with van der Waals surface area (Å²) in [6.45, 7) is 5.13. The van der Waals surface area contributed by atoms with Crippen LogP contribution >= 0.6 is 11.3 Å². The van der Waals surface area contributed by atoms with Gasteiger partial charge in [-0.25, -0.2) is 4.98 Å². The fourth-order valence-electron chi connectivity index (χ4n) is 5.37. The molecular weight excluding hydrogens is 478 g/mol. The number of amides is 2. The average molecular weight is 512 g/mol. The largest absolute Gasteiger partial charge is 0.349 e. The van der Waals surface area contributed by atoms with Crippen LogP contribution in [0.2, 0.25) is 0 Å². The lowest BCUT2D eigenvalue weighted by molar-refractivity contribution is -0.129. The Morgan fingerprint density at radius 1 is 1.05 bits per heavy atom. The van der Waals surface area contributed by atoms with Gasteiger partial charge in [0.05, 0.1) is 16.1 Å². The average Bonchev–Trinajstić information content (AvgIpc) is 3.40. The number of benzene rings is 2. The minimum absolute atomic E-state index is 0.00981. The molecule has 0 unspecified atom stereocenters. The van der Waals surface area contributed by atoms with Gasteiger partial charge in [0.25, 0.3) is 5.91 Å². The van der Waals surface area contributed by atoms with E-state index in [0.29, 0.717) is 31.5 Å². The highest BCUT2D eigenvalue weighted by molar-refractivity contribution is 7.09. The summed E-state index contributed by atoms with van der Waals surface area (Å²) in [4.78, 5) is 33.6. The monoisotopic (exact) mass is 511 g/mol. The molecule has 5 nitrogen and oxygen atoms in total. The fraction of sp³-hybridized carbons (Fsp3) is 0.323. The van der Waals surface area contributed by atoms with Gasteiger partial charge in [-0.1, -0.05) is 60.7 Å². The first-order valence-electron chi connectivity index (χ1n) is 13.0. The maximum absolute atomic E-state index is 13.8. The third kappa shape index (κ3) is 5.30. The van der Waals surface area contributed by atoms with Crippen molar-refractivity contribution in [3.63, 3.8) is 0 Å². The molecule has 1 aromatic heterocycles. The third-order valence-corrected chi connectivity index (χ3v) is 8.44. The van der Waals surface area contributed by atoms with Crippen LogP contribution in [0.4, 0.5) is 0 Å². The van der Waals surface area contributed by atoms with Crippen molar-refractivity contribution < 1.29 is 9.59 Å². The van der Waals surface area contributed by atoms with E-state index in [1.165, 1.54) is 5.57 Å². The molecule has 1 N–H and O–H groups in total. The Hall–Kier alpha value is -3.51. The smallest absolute Gasteiger partial charge is 0.253 e. The molecule has 1 aliphatic heterocycles. The Kier molecular flexibility index (Phi) is 7.38. The maximum Gasteiger partial charge on any atom is 0.253 e. The molecule has 3 aromatic rings. The van der Waals surface area contributed by atoms with E-state index in [1.807, 2.05) is 71.8 Å². The van der Waals surface area contributed by atoms with Crippen molar-refractivity contribution in [3.8, 4) is 11.3 Å². The van der Waals surface area contributed by atoms with Crippen LogP contribution in [-0.4, -0.2) is 40.8 Å². The molecule has 2 aromatic carbocycles. The summed E-state index contributed by atoms with van der Waals surface area (Å²) in [5.41, 5.74) is 4.24. The summed E-state index contributed by atoms with van der Waals surface area (Å²) in [5.74, 6) is 0.0623.